The van der Waals surface area contributed by atoms with E-state index in [0.717, 1.165) is 55.5 Å². The molecule has 188 valence electrons. The lowest BCUT2D eigenvalue weighted by atomic mass is 10.1. The molecule has 2 saturated heterocycles. The van der Waals surface area contributed by atoms with Crippen molar-refractivity contribution in [3.05, 3.63) is 42.5 Å². The van der Waals surface area contributed by atoms with E-state index in [4.69, 9.17) is 9.47 Å². The zero-order chi connectivity index (χ0) is 24.2. The third-order valence-corrected chi connectivity index (χ3v) is 6.73. The Hall–Kier alpha value is -2.83. The van der Waals surface area contributed by atoms with Crippen LogP contribution in [0.1, 0.15) is 11.8 Å². The molecule has 4 heterocycles. The van der Waals surface area contributed by atoms with Gasteiger partial charge in [-0.25, -0.2) is 15.0 Å². The molecule has 2 fully saturated rings. The Kier molecular flexibility index (Phi) is 7.40. The highest BCUT2D eigenvalue weighted by atomic mass is 16.5. The molecule has 11 heteroatoms. The molecule has 0 radical (unpaired) electrons. The van der Waals surface area contributed by atoms with Gasteiger partial charge in [0, 0.05) is 52.4 Å². The van der Waals surface area contributed by atoms with Crippen molar-refractivity contribution < 1.29 is 19.7 Å². The number of benzene rings is 1. The summed E-state index contributed by atoms with van der Waals surface area (Å²) in [5.41, 5.74) is 2.64. The number of piperazine rings is 1. The number of hydrogen-bond acceptors (Lipinski definition) is 10. The number of β-amino-alcohol motifs (C(OH)–C–C–N with tert-alkyl or cyclic N) is 1. The van der Waals surface area contributed by atoms with E-state index < -0.39 is 0 Å². The summed E-state index contributed by atoms with van der Waals surface area (Å²) in [7, 11) is 1.66. The molecule has 35 heavy (non-hydrogen) atoms. The van der Waals surface area contributed by atoms with Gasteiger partial charge in [0.25, 0.3) is 0 Å². The number of methoxy groups -OCH3 is 1. The predicted octanol–water partition coefficient (Wildman–Crippen LogP) is 0.341. The van der Waals surface area contributed by atoms with Crippen LogP contribution in [0.2, 0.25) is 0 Å². The Morgan fingerprint density at radius 1 is 1.00 bits per heavy atom. The third kappa shape index (κ3) is 5.24. The van der Waals surface area contributed by atoms with Gasteiger partial charge in [0.15, 0.2) is 17.0 Å². The van der Waals surface area contributed by atoms with Crippen LogP contribution in [-0.4, -0.2) is 112 Å². The van der Waals surface area contributed by atoms with Crippen molar-refractivity contribution in [1.29, 1.82) is 0 Å². The van der Waals surface area contributed by atoms with Gasteiger partial charge in [-0.2, -0.15) is 0 Å². The second-order valence-corrected chi connectivity index (χ2v) is 9.01. The molecule has 0 spiro atoms. The maximum Gasteiger partial charge on any atom is 0.167 e. The fraction of sp³-hybridized carbons (Fsp3) is 0.542. The van der Waals surface area contributed by atoms with Crippen molar-refractivity contribution in [2.75, 3.05) is 71.0 Å². The highest BCUT2D eigenvalue weighted by Gasteiger charge is 2.31. The monoisotopic (exact) mass is 483 g/mol. The first-order valence-electron chi connectivity index (χ1n) is 12.1. The number of rotatable bonds is 8. The number of nitrogens with zero attached hydrogens (tertiary/aromatic N) is 7. The lowest BCUT2D eigenvalue weighted by molar-refractivity contribution is -0.135. The summed E-state index contributed by atoms with van der Waals surface area (Å²) in [6, 6.07) is 8.04. The van der Waals surface area contributed by atoms with Crippen LogP contribution in [0.5, 0.6) is 5.75 Å². The zero-order valence-electron chi connectivity index (χ0n) is 20.0. The summed E-state index contributed by atoms with van der Waals surface area (Å²) in [4.78, 5) is 20.5. The second kappa shape index (κ2) is 10.8. The van der Waals surface area contributed by atoms with E-state index in [2.05, 4.69) is 41.8 Å². The topological polar surface area (TPSA) is 112 Å². The highest BCUT2D eigenvalue weighted by molar-refractivity contribution is 5.83. The highest BCUT2D eigenvalue weighted by Crippen LogP contribution is 2.28. The molecular weight excluding hydrogens is 450 g/mol. The van der Waals surface area contributed by atoms with E-state index in [9.17, 15) is 10.2 Å². The fourth-order valence-electron chi connectivity index (χ4n) is 4.87. The van der Waals surface area contributed by atoms with Crippen molar-refractivity contribution in [2.45, 2.75) is 18.9 Å². The summed E-state index contributed by atoms with van der Waals surface area (Å²) in [6.07, 6.45) is 2.72. The van der Waals surface area contributed by atoms with Gasteiger partial charge in [-0.1, -0.05) is 12.1 Å². The molecule has 2 N–H and O–H groups in total. The van der Waals surface area contributed by atoms with Crippen molar-refractivity contribution in [3.8, 4) is 5.75 Å². The van der Waals surface area contributed by atoms with Crippen molar-refractivity contribution in [1.82, 2.24) is 29.3 Å². The summed E-state index contributed by atoms with van der Waals surface area (Å²) < 4.78 is 13.4. The first-order chi connectivity index (χ1) is 17.2. The maximum atomic E-state index is 9.90. The molecular formula is C24H33N7O4. The molecule has 0 amide bonds. The Morgan fingerprint density at radius 2 is 1.80 bits per heavy atom. The molecule has 0 aliphatic carbocycles. The number of aliphatic hydroxyl groups is 2. The molecule has 0 unspecified atom stereocenters. The van der Waals surface area contributed by atoms with Crippen molar-refractivity contribution >= 4 is 17.0 Å². The predicted molar refractivity (Wildman–Crippen MR) is 130 cm³/mol. The second-order valence-electron chi connectivity index (χ2n) is 9.01. The quantitative estimate of drug-likeness (QED) is 0.465. The van der Waals surface area contributed by atoms with Gasteiger partial charge in [-0.15, -0.1) is 0 Å². The molecule has 3 aromatic rings. The molecule has 5 rings (SSSR count). The standard InChI is InChI=1S/C24H33N7O4/c1-34-19-4-2-18(3-5-19)12-29-13-20(15-33)35-21(14-29)31-17-27-22-23(25-16-26-24(22)31)30-8-6-28(7-9-30)10-11-32/h2-5,16-17,20-21,32-33H,6-15H2,1H3/t20-,21+/m0/s1. The zero-order valence-corrected chi connectivity index (χ0v) is 20.0. The number of aliphatic hydroxyl groups excluding tert-OH is 2. The lowest BCUT2D eigenvalue weighted by Gasteiger charge is -2.38. The number of fused-ring (bicyclic) bond motifs is 1. The minimum absolute atomic E-state index is 0.0550. The van der Waals surface area contributed by atoms with Crippen molar-refractivity contribution in [2.24, 2.45) is 0 Å². The van der Waals surface area contributed by atoms with E-state index in [0.29, 0.717) is 19.6 Å². The number of aromatic nitrogens is 4. The summed E-state index contributed by atoms with van der Waals surface area (Å²) in [5.74, 6) is 1.65. The van der Waals surface area contributed by atoms with Gasteiger partial charge in [0.2, 0.25) is 0 Å². The van der Waals surface area contributed by atoms with Crippen LogP contribution in [0.4, 0.5) is 5.82 Å². The van der Waals surface area contributed by atoms with Gasteiger partial charge < -0.3 is 24.6 Å². The Bertz CT molecular complexity index is 1100. The van der Waals surface area contributed by atoms with E-state index in [1.54, 1.807) is 19.8 Å². The van der Waals surface area contributed by atoms with Crippen LogP contribution in [0.25, 0.3) is 11.2 Å². The van der Waals surface area contributed by atoms with E-state index >= 15 is 0 Å². The number of anilines is 1. The van der Waals surface area contributed by atoms with Crippen molar-refractivity contribution in [3.63, 3.8) is 0 Å². The molecule has 2 aliphatic rings. The van der Waals surface area contributed by atoms with Gasteiger partial charge in [0.1, 0.15) is 18.3 Å². The summed E-state index contributed by atoms with van der Waals surface area (Å²) in [5, 5.41) is 19.1. The van der Waals surface area contributed by atoms with E-state index in [-0.39, 0.29) is 25.5 Å². The lowest BCUT2D eigenvalue weighted by Crippen LogP contribution is -2.47. The first kappa shape index (κ1) is 23.9. The average molecular weight is 484 g/mol. The maximum absolute atomic E-state index is 9.90. The van der Waals surface area contributed by atoms with Gasteiger partial charge >= 0.3 is 0 Å². The SMILES string of the molecule is COc1ccc(CN2C[C@@H](CO)O[C@@H](n3cnc4c(N5CCN(CCO)CC5)ncnc43)C2)cc1. The summed E-state index contributed by atoms with van der Waals surface area (Å²) in [6.45, 7) is 6.23. The van der Waals surface area contributed by atoms with Crippen LogP contribution >= 0.6 is 0 Å². The minimum atomic E-state index is -0.326. The van der Waals surface area contributed by atoms with Crippen LogP contribution < -0.4 is 9.64 Å². The molecule has 11 nitrogen and oxygen atoms in total. The molecule has 2 atom stereocenters. The smallest absolute Gasteiger partial charge is 0.167 e. The summed E-state index contributed by atoms with van der Waals surface area (Å²) >= 11 is 0. The Labute approximate surface area is 204 Å². The minimum Gasteiger partial charge on any atom is -0.497 e. The number of ether oxygens (including phenoxy) is 2. The van der Waals surface area contributed by atoms with E-state index in [1.165, 1.54) is 5.56 Å². The molecule has 0 bridgehead atoms. The van der Waals surface area contributed by atoms with Crippen LogP contribution in [0.15, 0.2) is 36.9 Å². The van der Waals surface area contributed by atoms with Gasteiger partial charge in [0.05, 0.1) is 32.8 Å². The number of hydrogen-bond donors (Lipinski definition) is 2. The molecule has 0 saturated carbocycles. The molecule has 1 aromatic carbocycles. The van der Waals surface area contributed by atoms with Crippen LogP contribution in [0.3, 0.4) is 0 Å². The normalized spacial score (nSPS) is 22.1. The van der Waals surface area contributed by atoms with E-state index in [1.807, 2.05) is 16.7 Å². The fourth-order valence-corrected chi connectivity index (χ4v) is 4.87. The van der Waals surface area contributed by atoms with Crippen LogP contribution in [-0.2, 0) is 11.3 Å². The Balaban J connectivity index is 1.34. The number of morpholine rings is 1. The molecule has 2 aromatic heterocycles. The van der Waals surface area contributed by atoms with Crippen LogP contribution in [0, 0.1) is 0 Å². The third-order valence-electron chi connectivity index (χ3n) is 6.73. The average Bonchev–Trinajstić information content (AvgIpc) is 3.34. The largest absolute Gasteiger partial charge is 0.497 e. The van der Waals surface area contributed by atoms with Gasteiger partial charge in [-0.3, -0.25) is 14.4 Å². The Morgan fingerprint density at radius 3 is 2.51 bits per heavy atom. The first-order valence-corrected chi connectivity index (χ1v) is 12.1. The number of imidazole rings is 1. The molecule has 2 aliphatic heterocycles. The van der Waals surface area contributed by atoms with Gasteiger partial charge in [-0.05, 0) is 17.7 Å².